The Morgan fingerprint density at radius 2 is 2.35 bits per heavy atom. The number of aryl methyl sites for hydroxylation is 1. The largest absolute Gasteiger partial charge is 0.345 e. The molecule has 3 heterocycles. The standard InChI is InChI=1S/C13H16BrN5O/c1-17-6-10(14)5-12(17)13(20)18-4-2-3-11(7-18)19-9-15-8-16-19/h5-6,8-9,11H,2-4,7H2,1H3. The summed E-state index contributed by atoms with van der Waals surface area (Å²) >= 11 is 3.40. The van der Waals surface area contributed by atoms with Gasteiger partial charge in [-0.1, -0.05) is 0 Å². The Hall–Kier alpha value is -1.63. The highest BCUT2D eigenvalue weighted by molar-refractivity contribution is 9.10. The molecule has 1 saturated heterocycles. The molecule has 1 fully saturated rings. The summed E-state index contributed by atoms with van der Waals surface area (Å²) in [6.07, 6.45) is 7.17. The molecule has 1 aliphatic heterocycles. The summed E-state index contributed by atoms with van der Waals surface area (Å²) in [7, 11) is 1.89. The average molecular weight is 338 g/mol. The maximum atomic E-state index is 12.6. The fourth-order valence-corrected chi connectivity index (χ4v) is 3.18. The van der Waals surface area contributed by atoms with Crippen LogP contribution in [0.3, 0.4) is 0 Å². The Balaban J connectivity index is 1.77. The molecule has 7 heteroatoms. The Morgan fingerprint density at radius 3 is 3.00 bits per heavy atom. The van der Waals surface area contributed by atoms with E-state index in [9.17, 15) is 4.79 Å². The van der Waals surface area contributed by atoms with E-state index in [-0.39, 0.29) is 11.9 Å². The fourth-order valence-electron chi connectivity index (χ4n) is 2.66. The molecular weight excluding hydrogens is 322 g/mol. The Labute approximate surface area is 125 Å². The van der Waals surface area contributed by atoms with Crippen LogP contribution in [0.4, 0.5) is 0 Å². The van der Waals surface area contributed by atoms with E-state index in [0.717, 1.165) is 23.9 Å². The lowest BCUT2D eigenvalue weighted by atomic mass is 10.1. The minimum Gasteiger partial charge on any atom is -0.345 e. The zero-order chi connectivity index (χ0) is 14.1. The third kappa shape index (κ3) is 2.49. The van der Waals surface area contributed by atoms with E-state index < -0.39 is 0 Å². The second kappa shape index (κ2) is 5.40. The van der Waals surface area contributed by atoms with E-state index in [4.69, 9.17) is 0 Å². The van der Waals surface area contributed by atoms with Gasteiger partial charge in [0.25, 0.3) is 5.91 Å². The summed E-state index contributed by atoms with van der Waals surface area (Å²) in [5.41, 5.74) is 0.705. The monoisotopic (exact) mass is 337 g/mol. The first-order valence-corrected chi connectivity index (χ1v) is 7.39. The predicted octanol–water partition coefficient (Wildman–Crippen LogP) is 1.86. The van der Waals surface area contributed by atoms with Crippen LogP contribution in [0, 0.1) is 0 Å². The van der Waals surface area contributed by atoms with Crippen LogP contribution in [0.1, 0.15) is 29.4 Å². The van der Waals surface area contributed by atoms with Crippen LogP contribution in [0.15, 0.2) is 29.4 Å². The van der Waals surface area contributed by atoms with Crippen LogP contribution in [-0.4, -0.2) is 43.2 Å². The van der Waals surface area contributed by atoms with E-state index in [0.29, 0.717) is 12.2 Å². The summed E-state index contributed by atoms with van der Waals surface area (Å²) in [5.74, 6) is 0.0722. The zero-order valence-corrected chi connectivity index (χ0v) is 12.8. The lowest BCUT2D eigenvalue weighted by Gasteiger charge is -2.32. The molecule has 0 bridgehead atoms. The number of carbonyl (C=O) groups is 1. The number of amides is 1. The molecule has 2 aromatic heterocycles. The van der Waals surface area contributed by atoms with Crippen molar-refractivity contribution < 1.29 is 4.79 Å². The molecule has 1 atom stereocenters. The molecule has 0 aliphatic carbocycles. The normalized spacial score (nSPS) is 19.3. The molecule has 1 aliphatic rings. The maximum Gasteiger partial charge on any atom is 0.270 e. The summed E-state index contributed by atoms with van der Waals surface area (Å²) < 4.78 is 4.62. The van der Waals surface area contributed by atoms with Crippen LogP contribution in [0.5, 0.6) is 0 Å². The van der Waals surface area contributed by atoms with E-state index in [2.05, 4.69) is 26.0 Å². The SMILES string of the molecule is Cn1cc(Br)cc1C(=O)N1CCCC(n2cncn2)C1. The van der Waals surface area contributed by atoms with Gasteiger partial charge in [0.05, 0.1) is 6.04 Å². The summed E-state index contributed by atoms with van der Waals surface area (Å²) in [6, 6.07) is 2.08. The lowest BCUT2D eigenvalue weighted by Crippen LogP contribution is -2.41. The van der Waals surface area contributed by atoms with Gasteiger partial charge < -0.3 is 9.47 Å². The van der Waals surface area contributed by atoms with Crippen LogP contribution in [0.25, 0.3) is 0 Å². The van der Waals surface area contributed by atoms with E-state index in [1.54, 1.807) is 6.33 Å². The van der Waals surface area contributed by atoms with Crippen molar-refractivity contribution in [3.05, 3.63) is 35.1 Å². The summed E-state index contributed by atoms with van der Waals surface area (Å²) in [6.45, 7) is 1.48. The first-order valence-electron chi connectivity index (χ1n) is 6.60. The molecule has 20 heavy (non-hydrogen) atoms. The Morgan fingerprint density at radius 1 is 1.50 bits per heavy atom. The highest BCUT2D eigenvalue weighted by atomic mass is 79.9. The van der Waals surface area contributed by atoms with Crippen molar-refractivity contribution >= 4 is 21.8 Å². The first-order chi connectivity index (χ1) is 9.65. The van der Waals surface area contributed by atoms with Crippen molar-refractivity contribution in [2.75, 3.05) is 13.1 Å². The molecule has 0 spiro atoms. The molecule has 0 N–H and O–H groups in total. The zero-order valence-electron chi connectivity index (χ0n) is 11.2. The van der Waals surface area contributed by atoms with E-state index in [1.807, 2.05) is 33.5 Å². The van der Waals surface area contributed by atoms with Gasteiger partial charge in [-0.2, -0.15) is 5.10 Å². The molecule has 1 unspecified atom stereocenters. The molecule has 1 amide bonds. The molecule has 0 radical (unpaired) electrons. The second-order valence-electron chi connectivity index (χ2n) is 5.08. The third-order valence-corrected chi connectivity index (χ3v) is 4.12. The van der Waals surface area contributed by atoms with E-state index >= 15 is 0 Å². The van der Waals surface area contributed by atoms with Gasteiger partial charge in [0, 0.05) is 30.8 Å². The number of piperidine rings is 1. The smallest absolute Gasteiger partial charge is 0.270 e. The number of nitrogens with zero attached hydrogens (tertiary/aromatic N) is 5. The number of hydrogen-bond acceptors (Lipinski definition) is 3. The van der Waals surface area contributed by atoms with Gasteiger partial charge in [-0.3, -0.25) is 4.79 Å². The highest BCUT2D eigenvalue weighted by Crippen LogP contribution is 2.23. The number of aromatic nitrogens is 4. The number of halogens is 1. The van der Waals surface area contributed by atoms with Crippen molar-refractivity contribution in [3.63, 3.8) is 0 Å². The van der Waals surface area contributed by atoms with Gasteiger partial charge in [-0.05, 0) is 34.8 Å². The molecule has 6 nitrogen and oxygen atoms in total. The van der Waals surface area contributed by atoms with Gasteiger partial charge >= 0.3 is 0 Å². The second-order valence-corrected chi connectivity index (χ2v) is 5.99. The van der Waals surface area contributed by atoms with Crippen molar-refractivity contribution in [2.45, 2.75) is 18.9 Å². The maximum absolute atomic E-state index is 12.6. The number of carbonyl (C=O) groups excluding carboxylic acids is 1. The fraction of sp³-hybridized carbons (Fsp3) is 0.462. The molecule has 0 aromatic carbocycles. The number of likely N-dealkylation sites (tertiary alicyclic amines) is 1. The molecule has 2 aromatic rings. The summed E-state index contributed by atoms with van der Waals surface area (Å²) in [5, 5.41) is 4.18. The molecular formula is C13H16BrN5O. The van der Waals surface area contributed by atoms with Crippen molar-refractivity contribution in [1.82, 2.24) is 24.2 Å². The minimum atomic E-state index is 0.0722. The number of hydrogen-bond donors (Lipinski definition) is 0. The quantitative estimate of drug-likeness (QED) is 0.840. The van der Waals surface area contributed by atoms with Crippen LogP contribution < -0.4 is 0 Å². The Bertz CT molecular complexity index is 606. The van der Waals surface area contributed by atoms with Crippen LogP contribution >= 0.6 is 15.9 Å². The van der Waals surface area contributed by atoms with Crippen molar-refractivity contribution in [1.29, 1.82) is 0 Å². The minimum absolute atomic E-state index is 0.0722. The highest BCUT2D eigenvalue weighted by Gasteiger charge is 2.27. The summed E-state index contributed by atoms with van der Waals surface area (Å²) in [4.78, 5) is 18.5. The Kier molecular flexibility index (Phi) is 3.60. The van der Waals surface area contributed by atoms with Gasteiger partial charge in [-0.25, -0.2) is 9.67 Å². The van der Waals surface area contributed by atoms with Crippen LogP contribution in [-0.2, 0) is 7.05 Å². The molecule has 106 valence electrons. The van der Waals surface area contributed by atoms with E-state index in [1.165, 1.54) is 6.33 Å². The van der Waals surface area contributed by atoms with Gasteiger partial charge in [0.1, 0.15) is 18.3 Å². The number of rotatable bonds is 2. The lowest BCUT2D eigenvalue weighted by molar-refractivity contribution is 0.0663. The first kappa shape index (κ1) is 13.4. The predicted molar refractivity (Wildman–Crippen MR) is 77.3 cm³/mol. The third-order valence-electron chi connectivity index (χ3n) is 3.69. The van der Waals surface area contributed by atoms with Gasteiger partial charge in [-0.15, -0.1) is 0 Å². The van der Waals surface area contributed by atoms with Crippen LogP contribution in [0.2, 0.25) is 0 Å². The van der Waals surface area contributed by atoms with Crippen molar-refractivity contribution in [2.24, 2.45) is 7.05 Å². The molecule has 0 saturated carbocycles. The van der Waals surface area contributed by atoms with Gasteiger partial charge in [0.15, 0.2) is 0 Å². The van der Waals surface area contributed by atoms with Gasteiger partial charge in [0.2, 0.25) is 0 Å². The average Bonchev–Trinajstić information content (AvgIpc) is 3.08. The topological polar surface area (TPSA) is 56.0 Å². The molecule has 3 rings (SSSR count). The van der Waals surface area contributed by atoms with Crippen molar-refractivity contribution in [3.8, 4) is 0 Å².